The molecule has 0 spiro atoms. The lowest BCUT2D eigenvalue weighted by atomic mass is 9.97. The van der Waals surface area contributed by atoms with E-state index in [0.29, 0.717) is 5.92 Å². The molecule has 0 bridgehead atoms. The maximum atomic E-state index is 6.27. The molecule has 0 aliphatic heterocycles. The first-order valence-electron chi connectivity index (χ1n) is 10.0. The molecular formula is C27H24ClNO. The maximum Gasteiger partial charge on any atom is 0.119 e. The Hall–Kier alpha value is -3.23. The summed E-state index contributed by atoms with van der Waals surface area (Å²) in [5, 5.41) is 0.777. The van der Waals surface area contributed by atoms with Crippen LogP contribution in [0.1, 0.15) is 12.0 Å². The van der Waals surface area contributed by atoms with Crippen LogP contribution in [-0.2, 0) is 0 Å². The fourth-order valence-corrected chi connectivity index (χ4v) is 3.73. The van der Waals surface area contributed by atoms with E-state index in [1.54, 1.807) is 7.11 Å². The van der Waals surface area contributed by atoms with Gasteiger partial charge >= 0.3 is 0 Å². The number of benzene rings is 3. The van der Waals surface area contributed by atoms with Gasteiger partial charge in [0.2, 0.25) is 0 Å². The van der Waals surface area contributed by atoms with E-state index in [1.165, 1.54) is 0 Å². The normalized spacial score (nSPS) is 15.8. The number of nitrogens with zero attached hydrogens (tertiary/aromatic N) is 1. The van der Waals surface area contributed by atoms with Crippen molar-refractivity contribution < 1.29 is 4.74 Å². The molecule has 4 rings (SSSR count). The lowest BCUT2D eigenvalue weighted by molar-refractivity contribution is 0.415. The van der Waals surface area contributed by atoms with Gasteiger partial charge in [0.15, 0.2) is 0 Å². The molecule has 150 valence electrons. The zero-order valence-corrected chi connectivity index (χ0v) is 17.7. The molecular weight excluding hydrogens is 390 g/mol. The zero-order chi connectivity index (χ0) is 20.8. The van der Waals surface area contributed by atoms with Crippen molar-refractivity contribution in [2.24, 2.45) is 5.92 Å². The average molecular weight is 414 g/mol. The third-order valence-electron chi connectivity index (χ3n) is 5.14. The number of para-hydroxylation sites is 1. The van der Waals surface area contributed by atoms with E-state index in [2.05, 4.69) is 71.7 Å². The minimum atomic E-state index is 0.346. The first kappa shape index (κ1) is 20.1. The molecule has 0 fully saturated rings. The summed E-state index contributed by atoms with van der Waals surface area (Å²) in [6, 6.07) is 26.5. The number of halogens is 1. The summed E-state index contributed by atoms with van der Waals surface area (Å²) in [6.45, 7) is 0. The molecule has 0 saturated carbocycles. The molecule has 0 saturated heterocycles. The van der Waals surface area contributed by atoms with Gasteiger partial charge in [0, 0.05) is 22.1 Å². The number of rotatable bonds is 6. The van der Waals surface area contributed by atoms with Gasteiger partial charge in [-0.25, -0.2) is 0 Å². The zero-order valence-electron chi connectivity index (χ0n) is 16.9. The van der Waals surface area contributed by atoms with Crippen molar-refractivity contribution >= 4 is 29.1 Å². The minimum absolute atomic E-state index is 0.346. The molecule has 3 aromatic rings. The molecule has 2 nitrogen and oxygen atoms in total. The van der Waals surface area contributed by atoms with Gasteiger partial charge < -0.3 is 9.64 Å². The minimum Gasteiger partial charge on any atom is -0.497 e. The van der Waals surface area contributed by atoms with Crippen molar-refractivity contribution in [3.63, 3.8) is 0 Å². The molecule has 30 heavy (non-hydrogen) atoms. The molecule has 0 radical (unpaired) electrons. The number of ether oxygens (including phenoxy) is 1. The first-order chi connectivity index (χ1) is 14.7. The molecule has 0 aromatic heterocycles. The predicted octanol–water partition coefficient (Wildman–Crippen LogP) is 7.66. The van der Waals surface area contributed by atoms with Crippen LogP contribution in [0, 0.1) is 5.92 Å². The number of allylic oxidation sites excluding steroid dienone is 4. The standard InChI is InChI=1S/C27H24ClNO/c1-30-26-19-17-25(18-20-26)29(23-8-3-2-4-9-23)24-15-12-21(13-16-24)11-14-22-7-5-6-10-27(22)28/h2-12,14-21H,13H2,1H3. The molecule has 0 heterocycles. The lowest BCUT2D eigenvalue weighted by Crippen LogP contribution is -2.17. The van der Waals surface area contributed by atoms with Crippen LogP contribution in [0.4, 0.5) is 11.4 Å². The monoisotopic (exact) mass is 413 g/mol. The van der Waals surface area contributed by atoms with Crippen molar-refractivity contribution in [2.75, 3.05) is 12.0 Å². The Labute approximate surface area is 183 Å². The number of methoxy groups -OCH3 is 1. The van der Waals surface area contributed by atoms with Gasteiger partial charge in [0.25, 0.3) is 0 Å². The number of hydrogen-bond donors (Lipinski definition) is 0. The number of anilines is 2. The van der Waals surface area contributed by atoms with Gasteiger partial charge in [0.05, 0.1) is 7.11 Å². The Morgan fingerprint density at radius 3 is 2.27 bits per heavy atom. The van der Waals surface area contributed by atoms with Gasteiger partial charge in [-0.15, -0.1) is 0 Å². The Balaban J connectivity index is 1.56. The van der Waals surface area contributed by atoms with E-state index in [1.807, 2.05) is 42.5 Å². The molecule has 1 unspecified atom stereocenters. The second-order valence-electron chi connectivity index (χ2n) is 7.14. The molecule has 1 aliphatic carbocycles. The van der Waals surface area contributed by atoms with Crippen LogP contribution in [0.5, 0.6) is 5.75 Å². The van der Waals surface area contributed by atoms with E-state index in [4.69, 9.17) is 16.3 Å². The smallest absolute Gasteiger partial charge is 0.119 e. The van der Waals surface area contributed by atoms with Crippen molar-refractivity contribution in [1.29, 1.82) is 0 Å². The molecule has 0 amide bonds. The average Bonchev–Trinajstić information content (AvgIpc) is 2.81. The van der Waals surface area contributed by atoms with Gasteiger partial charge in [-0.1, -0.05) is 72.3 Å². The number of hydrogen-bond acceptors (Lipinski definition) is 2. The van der Waals surface area contributed by atoms with Gasteiger partial charge in [-0.3, -0.25) is 0 Å². The summed E-state index contributed by atoms with van der Waals surface area (Å²) in [5.41, 5.74) is 4.44. The van der Waals surface area contributed by atoms with Crippen LogP contribution in [0.15, 0.2) is 109 Å². The summed E-state index contributed by atoms with van der Waals surface area (Å²) in [4.78, 5) is 2.27. The fourth-order valence-electron chi connectivity index (χ4n) is 3.53. The van der Waals surface area contributed by atoms with Gasteiger partial charge in [-0.2, -0.15) is 0 Å². The predicted molar refractivity (Wildman–Crippen MR) is 127 cm³/mol. The first-order valence-corrected chi connectivity index (χ1v) is 10.4. The summed E-state index contributed by atoms with van der Waals surface area (Å²) >= 11 is 6.27. The molecule has 1 aliphatic rings. The van der Waals surface area contributed by atoms with Crippen LogP contribution in [-0.4, -0.2) is 7.11 Å². The maximum absolute atomic E-state index is 6.27. The lowest BCUT2D eigenvalue weighted by Gasteiger charge is -2.28. The van der Waals surface area contributed by atoms with Crippen LogP contribution in [0.3, 0.4) is 0 Å². The van der Waals surface area contributed by atoms with E-state index < -0.39 is 0 Å². The van der Waals surface area contributed by atoms with E-state index >= 15 is 0 Å². The quantitative estimate of drug-likeness (QED) is 0.411. The van der Waals surface area contributed by atoms with Crippen molar-refractivity contribution in [1.82, 2.24) is 0 Å². The van der Waals surface area contributed by atoms with Crippen LogP contribution >= 0.6 is 11.6 Å². The highest BCUT2D eigenvalue weighted by atomic mass is 35.5. The Bertz CT molecular complexity index is 1070. The SMILES string of the molecule is COc1ccc(N(C2=CCC(C=Cc3ccccc3Cl)C=C2)c2ccccc2)cc1. The fraction of sp³-hybridized carbons (Fsp3) is 0.111. The second kappa shape index (κ2) is 9.51. The van der Waals surface area contributed by atoms with Crippen LogP contribution in [0.2, 0.25) is 5.02 Å². The summed E-state index contributed by atoms with van der Waals surface area (Å²) in [7, 11) is 1.69. The van der Waals surface area contributed by atoms with Crippen LogP contribution < -0.4 is 9.64 Å². The third-order valence-corrected chi connectivity index (χ3v) is 5.49. The molecule has 3 heteroatoms. The van der Waals surface area contributed by atoms with Crippen molar-refractivity contribution in [2.45, 2.75) is 6.42 Å². The Morgan fingerprint density at radius 2 is 1.60 bits per heavy atom. The summed E-state index contributed by atoms with van der Waals surface area (Å²) in [6.07, 6.45) is 12.0. The third kappa shape index (κ3) is 4.67. The second-order valence-corrected chi connectivity index (χ2v) is 7.54. The Kier molecular flexibility index (Phi) is 6.36. The van der Waals surface area contributed by atoms with Crippen molar-refractivity contribution in [3.05, 3.63) is 119 Å². The van der Waals surface area contributed by atoms with Crippen LogP contribution in [0.25, 0.3) is 6.08 Å². The highest BCUT2D eigenvalue weighted by Gasteiger charge is 2.16. The molecule has 0 N–H and O–H groups in total. The topological polar surface area (TPSA) is 12.5 Å². The summed E-state index contributed by atoms with van der Waals surface area (Å²) < 4.78 is 5.32. The van der Waals surface area contributed by atoms with E-state index in [-0.39, 0.29) is 0 Å². The Morgan fingerprint density at radius 1 is 0.900 bits per heavy atom. The summed E-state index contributed by atoms with van der Waals surface area (Å²) in [5.74, 6) is 1.20. The van der Waals surface area contributed by atoms with Gasteiger partial charge in [-0.05, 0) is 66.4 Å². The highest BCUT2D eigenvalue weighted by Crippen LogP contribution is 2.34. The molecule has 1 atom stereocenters. The largest absolute Gasteiger partial charge is 0.497 e. The van der Waals surface area contributed by atoms with E-state index in [9.17, 15) is 0 Å². The molecule has 3 aromatic carbocycles. The highest BCUT2D eigenvalue weighted by molar-refractivity contribution is 6.32. The van der Waals surface area contributed by atoms with Crippen molar-refractivity contribution in [3.8, 4) is 5.75 Å². The van der Waals surface area contributed by atoms with E-state index in [0.717, 1.165) is 39.8 Å². The van der Waals surface area contributed by atoms with Gasteiger partial charge in [0.1, 0.15) is 5.75 Å².